The van der Waals surface area contributed by atoms with Crippen LogP contribution in [0.15, 0.2) is 59.6 Å². The molecule has 2 heterocycles. The lowest BCUT2D eigenvalue weighted by Crippen LogP contribution is -2.14. The van der Waals surface area contributed by atoms with Crippen molar-refractivity contribution in [2.75, 3.05) is 11.1 Å². The molecule has 0 spiro atoms. The fraction of sp³-hybridized carbons (Fsp3) is 0.200. The van der Waals surface area contributed by atoms with Crippen LogP contribution < -0.4 is 5.32 Å². The van der Waals surface area contributed by atoms with Gasteiger partial charge in [-0.2, -0.15) is 5.26 Å². The van der Waals surface area contributed by atoms with Crippen LogP contribution >= 0.6 is 11.8 Å². The number of nitriles is 1. The highest BCUT2D eigenvalue weighted by atomic mass is 32.2. The number of ketones is 1. The van der Waals surface area contributed by atoms with Crippen LogP contribution in [0.2, 0.25) is 0 Å². The molecule has 32 heavy (non-hydrogen) atoms. The van der Waals surface area contributed by atoms with Gasteiger partial charge in [0.05, 0.1) is 27.4 Å². The second-order valence-electron chi connectivity index (χ2n) is 7.47. The maximum absolute atomic E-state index is 12.6. The van der Waals surface area contributed by atoms with E-state index in [-0.39, 0.29) is 17.4 Å². The van der Waals surface area contributed by atoms with Crippen LogP contribution in [0.5, 0.6) is 0 Å². The third-order valence-corrected chi connectivity index (χ3v) is 6.18. The number of thioether (sulfide) groups is 1. The number of amides is 1. The van der Waals surface area contributed by atoms with E-state index in [0.717, 1.165) is 34.5 Å². The van der Waals surface area contributed by atoms with Crippen molar-refractivity contribution in [1.82, 2.24) is 9.38 Å². The Morgan fingerprint density at radius 1 is 1.16 bits per heavy atom. The first-order valence-electron chi connectivity index (χ1n) is 10.4. The van der Waals surface area contributed by atoms with Gasteiger partial charge < -0.3 is 5.32 Å². The van der Waals surface area contributed by atoms with Gasteiger partial charge in [-0.3, -0.25) is 14.0 Å². The van der Waals surface area contributed by atoms with Crippen molar-refractivity contribution < 1.29 is 9.59 Å². The average molecular weight is 443 g/mol. The number of aromatic nitrogens is 2. The molecule has 6 nitrogen and oxygen atoms in total. The lowest BCUT2D eigenvalue weighted by Gasteiger charge is -2.12. The normalized spacial score (nSPS) is 10.9. The summed E-state index contributed by atoms with van der Waals surface area (Å²) < 4.78 is 1.96. The number of hydrogen-bond donors (Lipinski definition) is 1. The SMILES string of the molecule is CCCc1cc(SCC(=O)Nc2ccc(C(C)=O)cc2)n2c(nc3ccccc32)c1C#N. The molecule has 4 rings (SSSR count). The summed E-state index contributed by atoms with van der Waals surface area (Å²) in [6.45, 7) is 3.58. The second-order valence-corrected chi connectivity index (χ2v) is 8.47. The van der Waals surface area contributed by atoms with Gasteiger partial charge in [0.2, 0.25) is 5.91 Å². The number of rotatable bonds is 7. The molecule has 7 heteroatoms. The molecule has 1 amide bonds. The van der Waals surface area contributed by atoms with Gasteiger partial charge in [-0.1, -0.05) is 37.2 Å². The lowest BCUT2D eigenvalue weighted by molar-refractivity contribution is -0.113. The minimum absolute atomic E-state index is 0.0151. The Labute approximate surface area is 190 Å². The summed E-state index contributed by atoms with van der Waals surface area (Å²) in [6.07, 6.45) is 1.68. The third kappa shape index (κ3) is 4.23. The fourth-order valence-electron chi connectivity index (χ4n) is 3.67. The van der Waals surface area contributed by atoms with Crippen molar-refractivity contribution in [1.29, 1.82) is 5.26 Å². The maximum atomic E-state index is 12.6. The molecule has 0 fully saturated rings. The summed E-state index contributed by atoms with van der Waals surface area (Å²) in [5, 5.41) is 13.5. The maximum Gasteiger partial charge on any atom is 0.234 e. The minimum atomic E-state index is -0.149. The van der Waals surface area contributed by atoms with E-state index in [9.17, 15) is 14.9 Å². The molecule has 0 bridgehead atoms. The predicted molar refractivity (Wildman–Crippen MR) is 127 cm³/mol. The van der Waals surface area contributed by atoms with Crippen LogP contribution in [0.1, 0.15) is 41.8 Å². The second kappa shape index (κ2) is 9.25. The van der Waals surface area contributed by atoms with Crippen LogP contribution in [0.4, 0.5) is 5.69 Å². The Morgan fingerprint density at radius 2 is 1.91 bits per heavy atom. The monoisotopic (exact) mass is 442 g/mol. The number of carbonyl (C=O) groups excluding carboxylic acids is 2. The number of anilines is 1. The first-order valence-corrected chi connectivity index (χ1v) is 11.4. The van der Waals surface area contributed by atoms with Gasteiger partial charge in [0.25, 0.3) is 0 Å². The minimum Gasteiger partial charge on any atom is -0.325 e. The number of hydrogen-bond acceptors (Lipinski definition) is 5. The molecule has 1 N–H and O–H groups in total. The number of nitrogens with zero attached hydrogens (tertiary/aromatic N) is 3. The number of para-hydroxylation sites is 2. The molecular weight excluding hydrogens is 420 g/mol. The van der Waals surface area contributed by atoms with Crippen molar-refractivity contribution in [3.05, 3.63) is 71.3 Å². The Kier molecular flexibility index (Phi) is 6.24. The van der Waals surface area contributed by atoms with Gasteiger partial charge in [0.15, 0.2) is 11.4 Å². The Morgan fingerprint density at radius 3 is 2.59 bits per heavy atom. The highest BCUT2D eigenvalue weighted by Crippen LogP contribution is 2.30. The van der Waals surface area contributed by atoms with E-state index < -0.39 is 0 Å². The number of Topliss-reactive ketones (excluding diaryl/α,β-unsaturated/α-hetero) is 1. The van der Waals surface area contributed by atoms with E-state index in [1.165, 1.54) is 18.7 Å². The van der Waals surface area contributed by atoms with E-state index in [1.807, 2.05) is 34.7 Å². The summed E-state index contributed by atoms with van der Waals surface area (Å²) in [5.74, 6) is 0.0383. The molecular formula is C25H22N4O2S. The van der Waals surface area contributed by atoms with Crippen molar-refractivity contribution in [2.45, 2.75) is 31.7 Å². The van der Waals surface area contributed by atoms with Crippen LogP contribution in [-0.2, 0) is 11.2 Å². The third-order valence-electron chi connectivity index (χ3n) is 5.18. The van der Waals surface area contributed by atoms with Gasteiger partial charge >= 0.3 is 0 Å². The number of pyridine rings is 1. The average Bonchev–Trinajstić information content (AvgIpc) is 3.17. The van der Waals surface area contributed by atoms with E-state index in [1.54, 1.807) is 24.3 Å². The van der Waals surface area contributed by atoms with Crippen molar-refractivity contribution in [3.63, 3.8) is 0 Å². The van der Waals surface area contributed by atoms with Gasteiger partial charge in [-0.05, 0) is 61.4 Å². The number of benzene rings is 2. The van der Waals surface area contributed by atoms with Crippen LogP contribution in [0.25, 0.3) is 16.7 Å². The fourth-order valence-corrected chi connectivity index (χ4v) is 4.56. The number of carbonyl (C=O) groups is 2. The van der Waals surface area contributed by atoms with Gasteiger partial charge in [-0.25, -0.2) is 4.98 Å². The quantitative estimate of drug-likeness (QED) is 0.312. The summed E-state index contributed by atoms with van der Waals surface area (Å²) in [6, 6.07) is 18.9. The highest BCUT2D eigenvalue weighted by molar-refractivity contribution is 7.99. The van der Waals surface area contributed by atoms with Crippen molar-refractivity contribution >= 4 is 45.8 Å². The van der Waals surface area contributed by atoms with Gasteiger partial charge in [0, 0.05) is 11.3 Å². The predicted octanol–water partition coefficient (Wildman–Crippen LogP) is 5.25. The smallest absolute Gasteiger partial charge is 0.234 e. The molecule has 0 aliphatic heterocycles. The van der Waals surface area contributed by atoms with E-state index in [2.05, 4.69) is 18.3 Å². The first-order chi connectivity index (χ1) is 15.5. The molecule has 0 saturated carbocycles. The molecule has 0 aliphatic rings. The largest absolute Gasteiger partial charge is 0.325 e. The lowest BCUT2D eigenvalue weighted by atomic mass is 10.1. The molecule has 0 saturated heterocycles. The number of aryl methyl sites for hydroxylation is 1. The molecule has 2 aromatic heterocycles. The first kappa shape index (κ1) is 21.6. The molecule has 0 unspecified atom stereocenters. The summed E-state index contributed by atoms with van der Waals surface area (Å²) in [7, 11) is 0. The topological polar surface area (TPSA) is 87.3 Å². The van der Waals surface area contributed by atoms with E-state index in [4.69, 9.17) is 4.98 Å². The van der Waals surface area contributed by atoms with Gasteiger partial charge in [0.1, 0.15) is 6.07 Å². The van der Waals surface area contributed by atoms with Crippen LogP contribution in [0.3, 0.4) is 0 Å². The number of nitrogens with one attached hydrogen (secondary N) is 1. The number of imidazole rings is 1. The zero-order chi connectivity index (χ0) is 22.7. The summed E-state index contributed by atoms with van der Waals surface area (Å²) in [4.78, 5) is 28.7. The van der Waals surface area contributed by atoms with Crippen molar-refractivity contribution in [3.8, 4) is 6.07 Å². The zero-order valence-corrected chi connectivity index (χ0v) is 18.7. The number of fused-ring (bicyclic) bond motifs is 3. The Hall–Kier alpha value is -3.63. The van der Waals surface area contributed by atoms with Gasteiger partial charge in [-0.15, -0.1) is 0 Å². The molecule has 0 aliphatic carbocycles. The van der Waals surface area contributed by atoms with Crippen LogP contribution in [0, 0.1) is 11.3 Å². The summed E-state index contributed by atoms with van der Waals surface area (Å²) in [5.41, 5.74) is 5.13. The Balaban J connectivity index is 1.64. The highest BCUT2D eigenvalue weighted by Gasteiger charge is 2.17. The Bertz CT molecular complexity index is 1370. The molecule has 2 aromatic carbocycles. The standard InChI is InChI=1S/C25H22N4O2S/c1-3-6-18-13-24(29-22-8-5-4-7-21(22)28-25(29)20(18)14-26)32-15-23(31)27-19-11-9-17(10-12-19)16(2)30/h4-5,7-13H,3,6,15H2,1-2H3,(H,27,31). The van der Waals surface area contributed by atoms with Crippen LogP contribution in [-0.4, -0.2) is 26.8 Å². The molecule has 0 radical (unpaired) electrons. The molecule has 4 aromatic rings. The van der Waals surface area contributed by atoms with Crippen molar-refractivity contribution in [2.24, 2.45) is 0 Å². The zero-order valence-electron chi connectivity index (χ0n) is 17.9. The summed E-state index contributed by atoms with van der Waals surface area (Å²) >= 11 is 1.41. The van der Waals surface area contributed by atoms with E-state index in [0.29, 0.717) is 22.5 Å². The molecule has 160 valence electrons. The van der Waals surface area contributed by atoms with E-state index >= 15 is 0 Å². The molecule has 0 atom stereocenters.